The molecule has 1 aromatic carbocycles. The van der Waals surface area contributed by atoms with E-state index in [1.165, 1.54) is 5.56 Å². The number of likely N-dealkylation sites (tertiary alicyclic amines) is 2. The predicted molar refractivity (Wildman–Crippen MR) is 166 cm³/mol. The van der Waals surface area contributed by atoms with Crippen molar-refractivity contribution in [2.75, 3.05) is 26.7 Å². The summed E-state index contributed by atoms with van der Waals surface area (Å²) in [7, 11) is 1.80. The Kier molecular flexibility index (Phi) is 12.0. The van der Waals surface area contributed by atoms with E-state index in [-0.39, 0.29) is 47.7 Å². The Hall–Kier alpha value is -2.67. The molecule has 2 aliphatic rings. The van der Waals surface area contributed by atoms with Crippen LogP contribution in [0, 0.1) is 11.8 Å². The molecule has 41 heavy (non-hydrogen) atoms. The molecule has 2 fully saturated rings. The van der Waals surface area contributed by atoms with Crippen molar-refractivity contribution in [3.05, 3.63) is 47.5 Å². The van der Waals surface area contributed by atoms with E-state index in [0.29, 0.717) is 11.5 Å². The van der Waals surface area contributed by atoms with Crippen LogP contribution in [0.1, 0.15) is 92.1 Å². The first-order chi connectivity index (χ1) is 19.4. The Morgan fingerprint density at radius 1 is 0.902 bits per heavy atom. The number of piperidine rings is 2. The second-order valence-electron chi connectivity index (χ2n) is 13.1. The van der Waals surface area contributed by atoms with Crippen LogP contribution in [0.3, 0.4) is 0 Å². The van der Waals surface area contributed by atoms with E-state index in [2.05, 4.69) is 62.2 Å². The molecule has 7 nitrogen and oxygen atoms in total. The normalized spacial score (nSPS) is 20.8. The minimum absolute atomic E-state index is 0.0443. The van der Waals surface area contributed by atoms with Crippen LogP contribution in [0.5, 0.6) is 0 Å². The average Bonchev–Trinajstić information content (AvgIpc) is 2.97. The molecule has 0 saturated carbocycles. The highest BCUT2D eigenvalue weighted by molar-refractivity contribution is 5.93. The van der Waals surface area contributed by atoms with E-state index < -0.39 is 6.04 Å². The highest BCUT2D eigenvalue weighted by Crippen LogP contribution is 2.29. The molecule has 2 heterocycles. The first-order valence-electron chi connectivity index (χ1n) is 15.8. The van der Waals surface area contributed by atoms with Gasteiger partial charge in [-0.2, -0.15) is 0 Å². The summed E-state index contributed by atoms with van der Waals surface area (Å²) >= 11 is 0. The topological polar surface area (TPSA) is 73.0 Å². The van der Waals surface area contributed by atoms with Gasteiger partial charge in [0.2, 0.25) is 17.7 Å². The van der Waals surface area contributed by atoms with Crippen molar-refractivity contribution in [2.45, 2.75) is 111 Å². The molecule has 3 atom stereocenters. The van der Waals surface area contributed by atoms with Crippen molar-refractivity contribution < 1.29 is 14.4 Å². The minimum atomic E-state index is -0.619. The van der Waals surface area contributed by atoms with Crippen LogP contribution in [0.2, 0.25) is 0 Å². The van der Waals surface area contributed by atoms with Gasteiger partial charge in [-0.05, 0) is 76.3 Å². The molecule has 0 bridgehead atoms. The smallest absolute Gasteiger partial charge is 0.249 e. The molecule has 0 radical (unpaired) electrons. The van der Waals surface area contributed by atoms with Gasteiger partial charge < -0.3 is 15.1 Å². The van der Waals surface area contributed by atoms with E-state index in [1.54, 1.807) is 11.9 Å². The number of nitrogens with one attached hydrogen (secondary N) is 1. The second-order valence-corrected chi connectivity index (χ2v) is 13.1. The van der Waals surface area contributed by atoms with E-state index in [9.17, 15) is 14.4 Å². The molecule has 1 aromatic rings. The Morgan fingerprint density at radius 3 is 2.10 bits per heavy atom. The second kappa shape index (κ2) is 15.0. The van der Waals surface area contributed by atoms with Gasteiger partial charge in [-0.15, -0.1) is 0 Å². The SMILES string of the molecule is C/C(=C\[C@H](C(C)C)N(C)C(=O)C(NC(=O)C1CCCCN1C(C)C)C(C)C)C(=O)N1CCC(c2ccccc2)CC1. The maximum atomic E-state index is 13.9. The minimum Gasteiger partial charge on any atom is -0.343 e. The third-order valence-corrected chi connectivity index (χ3v) is 9.03. The quantitative estimate of drug-likeness (QED) is 0.394. The number of hydrogen-bond donors (Lipinski definition) is 1. The molecule has 3 amide bonds. The predicted octanol–water partition coefficient (Wildman–Crippen LogP) is 5.23. The van der Waals surface area contributed by atoms with Crippen LogP contribution < -0.4 is 5.32 Å². The molecular weight excluding hydrogens is 512 g/mol. The van der Waals surface area contributed by atoms with Gasteiger partial charge in [0.05, 0.1) is 12.1 Å². The van der Waals surface area contributed by atoms with Gasteiger partial charge in [0.25, 0.3) is 0 Å². The lowest BCUT2D eigenvalue weighted by Crippen LogP contribution is -2.58. The molecule has 0 aromatic heterocycles. The zero-order valence-electron chi connectivity index (χ0n) is 26.7. The number of hydrogen-bond acceptors (Lipinski definition) is 4. The van der Waals surface area contributed by atoms with E-state index in [4.69, 9.17) is 0 Å². The number of rotatable bonds is 10. The fourth-order valence-corrected chi connectivity index (χ4v) is 6.45. The molecule has 0 aliphatic carbocycles. The maximum Gasteiger partial charge on any atom is 0.249 e. The zero-order valence-corrected chi connectivity index (χ0v) is 26.7. The Morgan fingerprint density at radius 2 is 1.54 bits per heavy atom. The van der Waals surface area contributed by atoms with Crippen molar-refractivity contribution in [1.29, 1.82) is 0 Å². The van der Waals surface area contributed by atoms with Crippen LogP contribution in [0.4, 0.5) is 0 Å². The molecule has 7 heteroatoms. The summed E-state index contributed by atoms with van der Waals surface area (Å²) < 4.78 is 0. The number of carbonyl (C=O) groups is 3. The number of carbonyl (C=O) groups excluding carboxylic acids is 3. The molecule has 228 valence electrons. The van der Waals surface area contributed by atoms with Gasteiger partial charge in [0.15, 0.2) is 0 Å². The lowest BCUT2D eigenvalue weighted by Gasteiger charge is -2.39. The molecule has 2 unspecified atom stereocenters. The monoisotopic (exact) mass is 566 g/mol. The highest BCUT2D eigenvalue weighted by Gasteiger charge is 2.36. The first kappa shape index (κ1) is 32.8. The van der Waals surface area contributed by atoms with E-state index >= 15 is 0 Å². The van der Waals surface area contributed by atoms with Crippen molar-refractivity contribution in [2.24, 2.45) is 11.8 Å². The third-order valence-electron chi connectivity index (χ3n) is 9.03. The third kappa shape index (κ3) is 8.43. The van der Waals surface area contributed by atoms with Gasteiger partial charge in [-0.1, -0.05) is 70.5 Å². The molecule has 3 rings (SSSR count). The molecular formula is C34H54N4O3. The first-order valence-corrected chi connectivity index (χ1v) is 15.8. The standard InChI is InChI=1S/C34H54N4O3/c1-23(2)30(22-26(7)33(40)37-20-17-28(18-21-37)27-14-10-9-11-15-27)36(8)34(41)31(24(3)4)35-32(39)29-16-12-13-19-38(29)25(5)6/h9-11,14-15,22-25,28-31H,12-13,16-21H2,1-8H3,(H,35,39)/b26-22+/t29?,30-,31?/m1/s1. The van der Waals surface area contributed by atoms with Crippen LogP contribution in [0.25, 0.3) is 0 Å². The summed E-state index contributed by atoms with van der Waals surface area (Å²) in [6.45, 7) is 16.6. The molecule has 1 N–H and O–H groups in total. The van der Waals surface area contributed by atoms with Gasteiger partial charge in [0.1, 0.15) is 6.04 Å². The zero-order chi connectivity index (χ0) is 30.3. The number of likely N-dealkylation sites (N-methyl/N-ethyl adjacent to an activating group) is 1. The van der Waals surface area contributed by atoms with E-state index in [0.717, 1.165) is 51.7 Å². The van der Waals surface area contributed by atoms with Gasteiger partial charge >= 0.3 is 0 Å². The lowest BCUT2D eigenvalue weighted by atomic mass is 9.89. The van der Waals surface area contributed by atoms with E-state index in [1.807, 2.05) is 37.8 Å². The van der Waals surface area contributed by atoms with Crippen molar-refractivity contribution in [3.8, 4) is 0 Å². The van der Waals surface area contributed by atoms with Crippen LogP contribution in [-0.4, -0.2) is 83.3 Å². The van der Waals surface area contributed by atoms with Crippen LogP contribution >= 0.6 is 0 Å². The largest absolute Gasteiger partial charge is 0.343 e. The Bertz CT molecular complexity index is 1040. The molecule has 0 spiro atoms. The van der Waals surface area contributed by atoms with Gasteiger partial charge in [-0.25, -0.2) is 0 Å². The molecule has 2 aliphatic heterocycles. The summed E-state index contributed by atoms with van der Waals surface area (Å²) in [5.74, 6) is 0.410. The summed E-state index contributed by atoms with van der Waals surface area (Å²) in [5.41, 5.74) is 2.01. The summed E-state index contributed by atoms with van der Waals surface area (Å²) in [6, 6.07) is 9.75. The summed E-state index contributed by atoms with van der Waals surface area (Å²) in [5, 5.41) is 3.12. The van der Waals surface area contributed by atoms with Crippen molar-refractivity contribution >= 4 is 17.7 Å². The highest BCUT2D eigenvalue weighted by atomic mass is 16.2. The Balaban J connectivity index is 1.68. The number of amides is 3. The summed E-state index contributed by atoms with van der Waals surface area (Å²) in [4.78, 5) is 46.7. The maximum absolute atomic E-state index is 13.9. The average molecular weight is 567 g/mol. The van der Waals surface area contributed by atoms with Gasteiger partial charge in [-0.3, -0.25) is 19.3 Å². The van der Waals surface area contributed by atoms with Crippen molar-refractivity contribution in [3.63, 3.8) is 0 Å². The van der Waals surface area contributed by atoms with Crippen LogP contribution in [-0.2, 0) is 14.4 Å². The number of benzene rings is 1. The van der Waals surface area contributed by atoms with Crippen LogP contribution in [0.15, 0.2) is 42.0 Å². The van der Waals surface area contributed by atoms with Crippen molar-refractivity contribution in [1.82, 2.24) is 20.0 Å². The Labute approximate surface area is 248 Å². The lowest BCUT2D eigenvalue weighted by molar-refractivity contribution is -0.140. The fraction of sp³-hybridized carbons (Fsp3) is 0.676. The number of nitrogens with zero attached hydrogens (tertiary/aromatic N) is 3. The summed E-state index contributed by atoms with van der Waals surface area (Å²) in [6.07, 6.45) is 6.82. The fourth-order valence-electron chi connectivity index (χ4n) is 6.45. The van der Waals surface area contributed by atoms with Gasteiger partial charge in [0, 0.05) is 31.8 Å². The molecule has 2 saturated heterocycles.